The summed E-state index contributed by atoms with van der Waals surface area (Å²) in [5.41, 5.74) is 4.40. The Kier molecular flexibility index (Phi) is 4.28. The molecule has 98 valence electrons. The molecular weight excluding hydrogens is 330 g/mol. The maximum absolute atomic E-state index is 10.7. The molecule has 0 unspecified atom stereocenters. The molecule has 1 heterocycles. The zero-order chi connectivity index (χ0) is 13.8. The third kappa shape index (κ3) is 3.62. The van der Waals surface area contributed by atoms with Crippen molar-refractivity contribution in [3.63, 3.8) is 0 Å². The van der Waals surface area contributed by atoms with Gasteiger partial charge in [0, 0.05) is 9.85 Å². The minimum absolute atomic E-state index is 0.357. The molecule has 7 heteroatoms. The van der Waals surface area contributed by atoms with Crippen LogP contribution in [0.15, 0.2) is 39.8 Å². The van der Waals surface area contributed by atoms with Crippen molar-refractivity contribution in [1.29, 1.82) is 0 Å². The molecule has 0 amide bonds. The Morgan fingerprint density at radius 3 is 2.95 bits per heavy atom. The first-order valence-corrected chi connectivity index (χ1v) is 7.07. The van der Waals surface area contributed by atoms with Gasteiger partial charge in [0.25, 0.3) is 6.20 Å². The number of rotatable bonds is 4. The second kappa shape index (κ2) is 5.94. The van der Waals surface area contributed by atoms with Gasteiger partial charge in [-0.25, -0.2) is 4.98 Å². The third-order valence-corrected chi connectivity index (χ3v) is 3.58. The first-order chi connectivity index (χ1) is 9.06. The van der Waals surface area contributed by atoms with Crippen LogP contribution in [0.3, 0.4) is 0 Å². The molecule has 0 fully saturated rings. The molecule has 5 nitrogen and oxygen atoms in total. The molecule has 0 aliphatic carbocycles. The van der Waals surface area contributed by atoms with Gasteiger partial charge < -0.3 is 5.32 Å². The summed E-state index contributed by atoms with van der Waals surface area (Å²) in [5.74, 6) is 0. The summed E-state index contributed by atoms with van der Waals surface area (Å²) in [6.45, 7) is 1.97. The molecule has 1 aromatic carbocycles. The summed E-state index contributed by atoms with van der Waals surface area (Å²) in [5, 5.41) is 15.5. The molecule has 19 heavy (non-hydrogen) atoms. The Hall–Kier alpha value is -1.73. The highest BCUT2D eigenvalue weighted by molar-refractivity contribution is 9.10. The molecule has 1 N–H and O–H groups in total. The third-order valence-electron chi connectivity index (χ3n) is 2.34. The topological polar surface area (TPSA) is 68.1 Å². The van der Waals surface area contributed by atoms with Gasteiger partial charge in [-0.2, -0.15) is 0 Å². The van der Waals surface area contributed by atoms with Gasteiger partial charge >= 0.3 is 0 Å². The standard InChI is InChI=1S/C12H10BrN3O2S/c1-8-2-3-10(9(13)4-8)15-11(5-16(17)18)12-6-19-7-14-12/h2-7,15H,1H3/b11-5-. The fourth-order valence-corrected chi connectivity index (χ4v) is 2.62. The minimum atomic E-state index is -0.496. The maximum atomic E-state index is 10.7. The van der Waals surface area contributed by atoms with Gasteiger partial charge in [0.15, 0.2) is 0 Å². The number of nitrogens with one attached hydrogen (secondary N) is 1. The molecule has 0 atom stereocenters. The summed E-state index contributed by atoms with van der Waals surface area (Å²) >= 11 is 4.81. The summed E-state index contributed by atoms with van der Waals surface area (Å²) in [6, 6.07) is 5.73. The molecule has 0 aliphatic heterocycles. The van der Waals surface area contributed by atoms with E-state index >= 15 is 0 Å². The highest BCUT2D eigenvalue weighted by Crippen LogP contribution is 2.27. The van der Waals surface area contributed by atoms with Crippen molar-refractivity contribution < 1.29 is 4.92 Å². The van der Waals surface area contributed by atoms with Gasteiger partial charge in [0.1, 0.15) is 11.4 Å². The van der Waals surface area contributed by atoms with Crippen molar-refractivity contribution in [2.24, 2.45) is 0 Å². The number of nitrogens with zero attached hydrogens (tertiary/aromatic N) is 2. The van der Waals surface area contributed by atoms with Crippen molar-refractivity contribution in [2.45, 2.75) is 6.92 Å². The predicted octanol–water partition coefficient (Wildman–Crippen LogP) is 3.90. The normalized spacial score (nSPS) is 11.4. The van der Waals surface area contributed by atoms with Crippen LogP contribution < -0.4 is 5.32 Å². The highest BCUT2D eigenvalue weighted by Gasteiger charge is 2.11. The quantitative estimate of drug-likeness (QED) is 0.677. The SMILES string of the molecule is Cc1ccc(N/C(=C\[N+](=O)[O-])c2cscn2)c(Br)c1. The van der Waals surface area contributed by atoms with E-state index in [4.69, 9.17) is 0 Å². The molecule has 0 saturated carbocycles. The van der Waals surface area contributed by atoms with Gasteiger partial charge in [-0.3, -0.25) is 10.1 Å². The van der Waals surface area contributed by atoms with Crippen LogP contribution in [0.4, 0.5) is 5.69 Å². The Morgan fingerprint density at radius 2 is 2.37 bits per heavy atom. The lowest BCUT2D eigenvalue weighted by Gasteiger charge is -2.09. The number of halogens is 1. The maximum Gasteiger partial charge on any atom is 0.260 e. The minimum Gasteiger partial charge on any atom is -0.348 e. The number of anilines is 1. The largest absolute Gasteiger partial charge is 0.348 e. The molecule has 0 radical (unpaired) electrons. The first kappa shape index (κ1) is 13.7. The fraction of sp³-hybridized carbons (Fsp3) is 0.0833. The number of hydrogen-bond donors (Lipinski definition) is 1. The van der Waals surface area contributed by atoms with E-state index in [0.29, 0.717) is 11.4 Å². The lowest BCUT2D eigenvalue weighted by Crippen LogP contribution is -2.03. The Morgan fingerprint density at radius 1 is 1.58 bits per heavy atom. The van der Waals surface area contributed by atoms with E-state index in [9.17, 15) is 10.1 Å². The number of aryl methyl sites for hydroxylation is 1. The van der Waals surface area contributed by atoms with Crippen molar-refractivity contribution in [2.75, 3.05) is 5.32 Å². The molecule has 2 rings (SSSR count). The number of aromatic nitrogens is 1. The van der Waals surface area contributed by atoms with Gasteiger partial charge in [-0.1, -0.05) is 6.07 Å². The molecule has 0 aliphatic rings. The van der Waals surface area contributed by atoms with Crippen LogP contribution in [0.25, 0.3) is 5.70 Å². The van der Waals surface area contributed by atoms with E-state index in [1.54, 1.807) is 10.9 Å². The second-order valence-electron chi connectivity index (χ2n) is 3.81. The van der Waals surface area contributed by atoms with Gasteiger partial charge in [0.2, 0.25) is 0 Å². The Balaban J connectivity index is 2.34. The smallest absolute Gasteiger partial charge is 0.260 e. The average molecular weight is 340 g/mol. The molecule has 0 saturated heterocycles. The molecule has 0 bridgehead atoms. The van der Waals surface area contributed by atoms with Gasteiger partial charge in [0.05, 0.1) is 16.1 Å². The van der Waals surface area contributed by atoms with Crippen molar-refractivity contribution in [1.82, 2.24) is 4.98 Å². The predicted molar refractivity (Wildman–Crippen MR) is 79.6 cm³/mol. The summed E-state index contributed by atoms with van der Waals surface area (Å²) < 4.78 is 0.844. The number of benzene rings is 1. The number of thiazole rings is 1. The van der Waals surface area contributed by atoms with Crippen LogP contribution >= 0.6 is 27.3 Å². The van der Waals surface area contributed by atoms with Crippen LogP contribution in [0.2, 0.25) is 0 Å². The lowest BCUT2D eigenvalue weighted by molar-refractivity contribution is -0.401. The van der Waals surface area contributed by atoms with Gasteiger partial charge in [-0.05, 0) is 40.5 Å². The monoisotopic (exact) mass is 339 g/mol. The van der Waals surface area contributed by atoms with E-state index in [-0.39, 0.29) is 0 Å². The van der Waals surface area contributed by atoms with E-state index in [1.165, 1.54) is 11.3 Å². The summed E-state index contributed by atoms with van der Waals surface area (Å²) in [4.78, 5) is 14.3. The first-order valence-electron chi connectivity index (χ1n) is 5.33. The van der Waals surface area contributed by atoms with Crippen LogP contribution in [0.5, 0.6) is 0 Å². The van der Waals surface area contributed by atoms with Crippen LogP contribution in [0, 0.1) is 17.0 Å². The highest BCUT2D eigenvalue weighted by atomic mass is 79.9. The van der Waals surface area contributed by atoms with Crippen molar-refractivity contribution in [3.05, 3.63) is 61.1 Å². The Labute approximate surface area is 122 Å². The van der Waals surface area contributed by atoms with E-state index < -0.39 is 4.92 Å². The van der Waals surface area contributed by atoms with Crippen LogP contribution in [-0.4, -0.2) is 9.91 Å². The van der Waals surface area contributed by atoms with Crippen molar-refractivity contribution in [3.8, 4) is 0 Å². The zero-order valence-electron chi connectivity index (χ0n) is 9.96. The van der Waals surface area contributed by atoms with Crippen LogP contribution in [0.1, 0.15) is 11.3 Å². The lowest BCUT2D eigenvalue weighted by atomic mass is 10.2. The van der Waals surface area contributed by atoms with Crippen LogP contribution in [-0.2, 0) is 0 Å². The molecular formula is C12H10BrN3O2S. The molecule has 2 aromatic rings. The zero-order valence-corrected chi connectivity index (χ0v) is 12.4. The summed E-state index contributed by atoms with van der Waals surface area (Å²) in [7, 11) is 0. The molecule has 0 spiro atoms. The number of nitro groups is 1. The second-order valence-corrected chi connectivity index (χ2v) is 5.38. The van der Waals surface area contributed by atoms with E-state index in [0.717, 1.165) is 21.9 Å². The molecule has 1 aromatic heterocycles. The van der Waals surface area contributed by atoms with Crippen molar-refractivity contribution >= 4 is 38.7 Å². The van der Waals surface area contributed by atoms with Gasteiger partial charge in [-0.15, -0.1) is 11.3 Å². The number of hydrogen-bond acceptors (Lipinski definition) is 5. The van der Waals surface area contributed by atoms with E-state index in [2.05, 4.69) is 26.2 Å². The average Bonchev–Trinajstić information content (AvgIpc) is 2.84. The fourth-order valence-electron chi connectivity index (χ4n) is 1.48. The summed E-state index contributed by atoms with van der Waals surface area (Å²) in [6.07, 6.45) is 0.918. The van der Waals surface area contributed by atoms with E-state index in [1.807, 2.05) is 25.1 Å². The Bertz CT molecular complexity index is 626.